The smallest absolute Gasteiger partial charge is 0.191 e. The summed E-state index contributed by atoms with van der Waals surface area (Å²) in [7, 11) is 0. The van der Waals surface area contributed by atoms with Gasteiger partial charge in [0.1, 0.15) is 11.5 Å². The maximum Gasteiger partial charge on any atom is 0.191 e. The van der Waals surface area contributed by atoms with Crippen LogP contribution in [0.4, 0.5) is 0 Å². The Morgan fingerprint density at radius 1 is 1.29 bits per heavy atom. The molecule has 3 heterocycles. The number of pyridine rings is 1. The summed E-state index contributed by atoms with van der Waals surface area (Å²) in [4.78, 5) is 4.55. The van der Waals surface area contributed by atoms with E-state index < -0.39 is 0 Å². The Hall–Kier alpha value is -1.57. The zero-order valence-electron chi connectivity index (χ0n) is 11.5. The lowest BCUT2D eigenvalue weighted by Crippen LogP contribution is -2.08. The van der Waals surface area contributed by atoms with Crippen LogP contribution in [-0.2, 0) is 18.8 Å². The Morgan fingerprint density at radius 3 is 2.90 bits per heavy atom. The van der Waals surface area contributed by atoms with Gasteiger partial charge in [-0.15, -0.1) is 10.2 Å². The number of hydrogen-bond donors (Lipinski definition) is 1. The molecular weight excluding hydrogens is 308 g/mol. The molecule has 0 radical (unpaired) electrons. The number of rotatable bonds is 5. The third-order valence-corrected chi connectivity index (χ3v) is 4.33. The number of nitrogens with zero attached hydrogens (tertiary/aromatic N) is 5. The number of aromatic nitrogens is 5. The molecule has 0 unspecified atom stereocenters. The first-order valence-corrected chi connectivity index (χ1v) is 7.95. The van der Waals surface area contributed by atoms with Gasteiger partial charge in [-0.1, -0.05) is 23.4 Å². The molecule has 0 bridgehead atoms. The van der Waals surface area contributed by atoms with Crippen LogP contribution in [0.3, 0.4) is 0 Å². The van der Waals surface area contributed by atoms with E-state index in [1.807, 2.05) is 33.5 Å². The third kappa shape index (κ3) is 2.90. The van der Waals surface area contributed by atoms with Crippen molar-refractivity contribution in [1.29, 1.82) is 0 Å². The fourth-order valence-corrected chi connectivity index (χ4v) is 3.19. The minimum absolute atomic E-state index is 0.397. The molecule has 3 aromatic rings. The second-order valence-corrected chi connectivity index (χ2v) is 5.86. The molecule has 0 amide bonds. The second-order valence-electron chi connectivity index (χ2n) is 4.48. The highest BCUT2D eigenvalue weighted by molar-refractivity contribution is 7.98. The monoisotopic (exact) mass is 322 g/mol. The van der Waals surface area contributed by atoms with E-state index in [9.17, 15) is 0 Å². The predicted molar refractivity (Wildman–Crippen MR) is 83.4 cm³/mol. The van der Waals surface area contributed by atoms with Crippen molar-refractivity contribution in [2.45, 2.75) is 30.9 Å². The molecule has 0 aliphatic carbocycles. The quantitative estimate of drug-likeness (QED) is 0.730. The molecule has 0 aliphatic rings. The average molecular weight is 323 g/mol. The molecule has 3 rings (SSSR count). The van der Waals surface area contributed by atoms with Gasteiger partial charge in [0.2, 0.25) is 0 Å². The summed E-state index contributed by atoms with van der Waals surface area (Å²) in [6.45, 7) is 3.26. The summed E-state index contributed by atoms with van der Waals surface area (Å²) in [6.07, 6.45) is 3.82. The summed E-state index contributed by atoms with van der Waals surface area (Å²) in [6, 6.07) is 3.74. The van der Waals surface area contributed by atoms with Crippen molar-refractivity contribution in [1.82, 2.24) is 24.1 Å². The van der Waals surface area contributed by atoms with Gasteiger partial charge in [0.15, 0.2) is 5.16 Å². The summed E-state index contributed by atoms with van der Waals surface area (Å²) < 4.78 is 3.95. The number of imidazole rings is 1. The molecule has 3 aromatic heterocycles. The number of thioether (sulfide) groups is 1. The first-order chi connectivity index (χ1) is 10.2. The van der Waals surface area contributed by atoms with Crippen molar-refractivity contribution in [2.24, 2.45) is 5.73 Å². The maximum atomic E-state index is 5.97. The standard InChI is InChI=1S/C13H15ClN6S/c1-2-20-12(5-15)17-18-13(20)21-8-10-7-19-6-9(14)3-4-11(19)16-10/h3-4,6-7H,2,5,8,15H2,1H3. The highest BCUT2D eigenvalue weighted by atomic mass is 35.5. The van der Waals surface area contributed by atoms with Crippen LogP contribution < -0.4 is 5.73 Å². The van der Waals surface area contributed by atoms with E-state index in [0.717, 1.165) is 34.6 Å². The predicted octanol–water partition coefficient (Wildman–Crippen LogP) is 2.35. The van der Waals surface area contributed by atoms with Crippen LogP contribution in [0.25, 0.3) is 5.65 Å². The van der Waals surface area contributed by atoms with Crippen molar-refractivity contribution < 1.29 is 0 Å². The number of halogens is 1. The van der Waals surface area contributed by atoms with Crippen LogP contribution in [-0.4, -0.2) is 24.1 Å². The highest BCUT2D eigenvalue weighted by Gasteiger charge is 2.11. The SMILES string of the molecule is CCn1c(CN)nnc1SCc1cn2cc(Cl)ccc2n1. The van der Waals surface area contributed by atoms with E-state index in [4.69, 9.17) is 17.3 Å². The fraction of sp³-hybridized carbons (Fsp3) is 0.308. The van der Waals surface area contributed by atoms with Crippen LogP contribution in [0.1, 0.15) is 18.4 Å². The zero-order valence-corrected chi connectivity index (χ0v) is 13.1. The van der Waals surface area contributed by atoms with E-state index >= 15 is 0 Å². The molecule has 0 spiro atoms. The van der Waals surface area contributed by atoms with Gasteiger partial charge in [0, 0.05) is 24.7 Å². The van der Waals surface area contributed by atoms with E-state index in [2.05, 4.69) is 22.1 Å². The summed E-state index contributed by atoms with van der Waals surface area (Å²) in [5.41, 5.74) is 7.51. The molecule has 0 saturated carbocycles. The largest absolute Gasteiger partial charge is 0.324 e. The van der Waals surface area contributed by atoms with E-state index in [1.165, 1.54) is 0 Å². The van der Waals surface area contributed by atoms with Crippen LogP contribution in [0.2, 0.25) is 5.02 Å². The average Bonchev–Trinajstić information content (AvgIpc) is 3.06. The minimum Gasteiger partial charge on any atom is -0.324 e. The summed E-state index contributed by atoms with van der Waals surface area (Å²) >= 11 is 7.58. The first kappa shape index (κ1) is 14.4. The summed E-state index contributed by atoms with van der Waals surface area (Å²) in [5.74, 6) is 1.53. The summed E-state index contributed by atoms with van der Waals surface area (Å²) in [5, 5.41) is 9.84. The van der Waals surface area contributed by atoms with Gasteiger partial charge in [0.05, 0.1) is 17.3 Å². The Morgan fingerprint density at radius 2 is 2.14 bits per heavy atom. The molecule has 21 heavy (non-hydrogen) atoms. The molecule has 0 atom stereocenters. The Balaban J connectivity index is 1.78. The number of hydrogen-bond acceptors (Lipinski definition) is 5. The molecule has 2 N–H and O–H groups in total. The lowest BCUT2D eigenvalue weighted by Gasteiger charge is -2.04. The minimum atomic E-state index is 0.397. The topological polar surface area (TPSA) is 74.0 Å². The molecular formula is C13H15ClN6S. The highest BCUT2D eigenvalue weighted by Crippen LogP contribution is 2.22. The molecule has 110 valence electrons. The molecule has 8 heteroatoms. The Labute approximate surface area is 131 Å². The fourth-order valence-electron chi connectivity index (χ4n) is 2.12. The Bertz CT molecular complexity index is 765. The van der Waals surface area contributed by atoms with Crippen molar-refractivity contribution in [3.05, 3.63) is 41.1 Å². The van der Waals surface area contributed by atoms with Gasteiger partial charge < -0.3 is 14.7 Å². The normalized spacial score (nSPS) is 11.4. The zero-order chi connectivity index (χ0) is 14.8. The van der Waals surface area contributed by atoms with Gasteiger partial charge in [0.25, 0.3) is 0 Å². The maximum absolute atomic E-state index is 5.97. The van der Waals surface area contributed by atoms with Crippen molar-refractivity contribution >= 4 is 29.0 Å². The molecule has 6 nitrogen and oxygen atoms in total. The first-order valence-electron chi connectivity index (χ1n) is 6.59. The van der Waals surface area contributed by atoms with Gasteiger partial charge in [-0.25, -0.2) is 4.98 Å². The van der Waals surface area contributed by atoms with Gasteiger partial charge in [-0.05, 0) is 19.1 Å². The van der Waals surface area contributed by atoms with Crippen molar-refractivity contribution in [3.63, 3.8) is 0 Å². The van der Waals surface area contributed by atoms with Crippen molar-refractivity contribution in [2.75, 3.05) is 0 Å². The van der Waals surface area contributed by atoms with Crippen LogP contribution >= 0.6 is 23.4 Å². The molecule has 0 aliphatic heterocycles. The molecule has 0 saturated heterocycles. The van der Waals surface area contributed by atoms with E-state index in [1.54, 1.807) is 11.8 Å². The lowest BCUT2D eigenvalue weighted by molar-refractivity contribution is 0.643. The van der Waals surface area contributed by atoms with Gasteiger partial charge in [-0.3, -0.25) is 0 Å². The number of nitrogens with two attached hydrogens (primary N) is 1. The third-order valence-electron chi connectivity index (χ3n) is 3.11. The van der Waals surface area contributed by atoms with Gasteiger partial charge >= 0.3 is 0 Å². The second kappa shape index (κ2) is 6.05. The van der Waals surface area contributed by atoms with Crippen LogP contribution in [0.5, 0.6) is 0 Å². The van der Waals surface area contributed by atoms with Gasteiger partial charge in [-0.2, -0.15) is 0 Å². The van der Waals surface area contributed by atoms with Crippen LogP contribution in [0, 0.1) is 0 Å². The molecule has 0 aromatic carbocycles. The van der Waals surface area contributed by atoms with Crippen molar-refractivity contribution in [3.8, 4) is 0 Å². The van der Waals surface area contributed by atoms with E-state index in [-0.39, 0.29) is 0 Å². The Kier molecular flexibility index (Phi) is 4.14. The van der Waals surface area contributed by atoms with E-state index in [0.29, 0.717) is 11.6 Å². The number of fused-ring (bicyclic) bond motifs is 1. The van der Waals surface area contributed by atoms with Crippen LogP contribution in [0.15, 0.2) is 29.7 Å². The lowest BCUT2D eigenvalue weighted by atomic mass is 10.5. The molecule has 0 fully saturated rings.